The molecule has 0 fully saturated rings. The molecule has 0 aliphatic carbocycles. The lowest BCUT2D eigenvalue weighted by molar-refractivity contribution is 0.546. The van der Waals surface area contributed by atoms with E-state index in [0.717, 1.165) is 4.83 Å². The summed E-state index contributed by atoms with van der Waals surface area (Å²) in [6.45, 7) is 4.54. The fourth-order valence-corrected chi connectivity index (χ4v) is 2.38. The topological polar surface area (TPSA) is 0 Å². The molecule has 0 N–H and O–H groups in total. The normalized spacial score (nSPS) is 12.9. The zero-order chi connectivity index (χ0) is 12.1. The maximum atomic E-state index is 3.69. The Morgan fingerprint density at radius 2 is 1.12 bits per heavy atom. The third-order valence-electron chi connectivity index (χ3n) is 3.31. The van der Waals surface area contributed by atoms with Gasteiger partial charge in [-0.05, 0) is 12.8 Å². The van der Waals surface area contributed by atoms with Gasteiger partial charge in [-0.15, -0.1) is 0 Å². The van der Waals surface area contributed by atoms with E-state index in [2.05, 4.69) is 29.8 Å². The smallest absolute Gasteiger partial charge is 0.0143 e. The van der Waals surface area contributed by atoms with Crippen LogP contribution in [0.25, 0.3) is 0 Å². The standard InChI is InChI=1S/C15H31Br/c1-3-5-6-7-8-9-10-11-12-13-14-15(16)4-2/h15H,3-14H2,1-2H3. The zero-order valence-corrected chi connectivity index (χ0v) is 13.0. The fourth-order valence-electron chi connectivity index (χ4n) is 2.06. The zero-order valence-electron chi connectivity index (χ0n) is 11.4. The van der Waals surface area contributed by atoms with E-state index in [1.165, 1.54) is 77.0 Å². The first-order valence-corrected chi connectivity index (χ1v) is 8.36. The SMILES string of the molecule is CCCCCCCCCCCCC(Br)CC. The molecule has 0 radical (unpaired) electrons. The van der Waals surface area contributed by atoms with Crippen LogP contribution in [0.5, 0.6) is 0 Å². The second-order valence-electron chi connectivity index (χ2n) is 4.98. The van der Waals surface area contributed by atoms with E-state index < -0.39 is 0 Å². The van der Waals surface area contributed by atoms with Crippen LogP contribution in [0.15, 0.2) is 0 Å². The van der Waals surface area contributed by atoms with E-state index in [0.29, 0.717) is 0 Å². The molecule has 0 bridgehead atoms. The van der Waals surface area contributed by atoms with Gasteiger partial charge < -0.3 is 0 Å². The van der Waals surface area contributed by atoms with Crippen molar-refractivity contribution in [2.45, 2.75) is 95.7 Å². The molecule has 0 saturated heterocycles. The minimum absolute atomic E-state index is 0.765. The molecule has 0 aromatic rings. The monoisotopic (exact) mass is 290 g/mol. The molecule has 0 nitrogen and oxygen atoms in total. The second kappa shape index (κ2) is 13.5. The van der Waals surface area contributed by atoms with Crippen molar-refractivity contribution in [3.63, 3.8) is 0 Å². The third kappa shape index (κ3) is 12.5. The summed E-state index contributed by atoms with van der Waals surface area (Å²) in [6.07, 6.45) is 17.1. The lowest BCUT2D eigenvalue weighted by Crippen LogP contribution is -1.94. The molecule has 0 saturated carbocycles. The molecular formula is C15H31Br. The van der Waals surface area contributed by atoms with Crippen LogP contribution in [0, 0.1) is 0 Å². The Hall–Kier alpha value is 0.480. The predicted molar refractivity (Wildman–Crippen MR) is 79.5 cm³/mol. The number of alkyl halides is 1. The van der Waals surface area contributed by atoms with E-state index in [1.54, 1.807) is 0 Å². The summed E-state index contributed by atoms with van der Waals surface area (Å²) in [4.78, 5) is 0.765. The minimum atomic E-state index is 0.765. The van der Waals surface area contributed by atoms with Gasteiger partial charge >= 0.3 is 0 Å². The van der Waals surface area contributed by atoms with Gasteiger partial charge in [-0.2, -0.15) is 0 Å². The Labute approximate surface area is 112 Å². The van der Waals surface area contributed by atoms with Crippen molar-refractivity contribution < 1.29 is 0 Å². The van der Waals surface area contributed by atoms with Gasteiger partial charge in [0.2, 0.25) is 0 Å². The van der Waals surface area contributed by atoms with E-state index in [1.807, 2.05) is 0 Å². The molecule has 1 unspecified atom stereocenters. The summed E-state index contributed by atoms with van der Waals surface area (Å²) in [7, 11) is 0. The largest absolute Gasteiger partial charge is 0.0891 e. The fraction of sp³-hybridized carbons (Fsp3) is 1.00. The molecule has 98 valence electrons. The second-order valence-corrected chi connectivity index (χ2v) is 6.27. The van der Waals surface area contributed by atoms with E-state index in [9.17, 15) is 0 Å². The minimum Gasteiger partial charge on any atom is -0.0891 e. The Bertz CT molecular complexity index is 123. The van der Waals surface area contributed by atoms with Gasteiger partial charge in [0.25, 0.3) is 0 Å². The molecule has 0 aromatic heterocycles. The van der Waals surface area contributed by atoms with Crippen molar-refractivity contribution >= 4 is 15.9 Å². The highest BCUT2D eigenvalue weighted by atomic mass is 79.9. The molecule has 0 heterocycles. The summed E-state index contributed by atoms with van der Waals surface area (Å²) < 4.78 is 0. The maximum Gasteiger partial charge on any atom is 0.0143 e. The Morgan fingerprint density at radius 3 is 1.56 bits per heavy atom. The summed E-state index contributed by atoms with van der Waals surface area (Å²) in [6, 6.07) is 0. The number of unbranched alkanes of at least 4 members (excludes halogenated alkanes) is 9. The van der Waals surface area contributed by atoms with Crippen molar-refractivity contribution in [3.05, 3.63) is 0 Å². The Kier molecular flexibility index (Phi) is 14.0. The quantitative estimate of drug-likeness (QED) is 0.285. The van der Waals surface area contributed by atoms with Gasteiger partial charge in [0, 0.05) is 4.83 Å². The van der Waals surface area contributed by atoms with Crippen LogP contribution >= 0.6 is 15.9 Å². The van der Waals surface area contributed by atoms with Gasteiger partial charge in [0.05, 0.1) is 0 Å². The molecule has 16 heavy (non-hydrogen) atoms. The highest BCUT2D eigenvalue weighted by molar-refractivity contribution is 9.09. The predicted octanol–water partition coefficient (Wildman–Crippen LogP) is 6.47. The molecule has 1 heteroatoms. The number of hydrogen-bond acceptors (Lipinski definition) is 0. The van der Waals surface area contributed by atoms with Crippen LogP contribution in [-0.2, 0) is 0 Å². The van der Waals surface area contributed by atoms with Gasteiger partial charge in [0.15, 0.2) is 0 Å². The summed E-state index contributed by atoms with van der Waals surface area (Å²) >= 11 is 3.69. The maximum absolute atomic E-state index is 3.69. The number of rotatable bonds is 12. The molecule has 0 spiro atoms. The molecule has 0 rings (SSSR count). The van der Waals surface area contributed by atoms with Crippen LogP contribution < -0.4 is 0 Å². The van der Waals surface area contributed by atoms with Crippen LogP contribution in [0.1, 0.15) is 90.9 Å². The summed E-state index contributed by atoms with van der Waals surface area (Å²) in [5.41, 5.74) is 0. The first kappa shape index (κ1) is 16.5. The highest BCUT2D eigenvalue weighted by Crippen LogP contribution is 2.16. The molecule has 0 amide bonds. The molecular weight excluding hydrogens is 260 g/mol. The van der Waals surface area contributed by atoms with E-state index in [4.69, 9.17) is 0 Å². The highest BCUT2D eigenvalue weighted by Gasteiger charge is 1.99. The Morgan fingerprint density at radius 1 is 0.688 bits per heavy atom. The van der Waals surface area contributed by atoms with Crippen molar-refractivity contribution in [2.75, 3.05) is 0 Å². The first-order chi connectivity index (χ1) is 7.81. The summed E-state index contributed by atoms with van der Waals surface area (Å²) in [5.74, 6) is 0. The van der Waals surface area contributed by atoms with Crippen molar-refractivity contribution in [2.24, 2.45) is 0 Å². The average Bonchev–Trinajstić information content (AvgIpc) is 2.31. The summed E-state index contributed by atoms with van der Waals surface area (Å²) in [5, 5.41) is 0. The van der Waals surface area contributed by atoms with Gasteiger partial charge in [-0.3, -0.25) is 0 Å². The Balaban J connectivity index is 2.93. The molecule has 0 aromatic carbocycles. The van der Waals surface area contributed by atoms with Crippen LogP contribution in [0.4, 0.5) is 0 Å². The third-order valence-corrected chi connectivity index (χ3v) is 4.42. The van der Waals surface area contributed by atoms with E-state index in [-0.39, 0.29) is 0 Å². The number of halogens is 1. The first-order valence-electron chi connectivity index (χ1n) is 7.45. The van der Waals surface area contributed by atoms with Crippen molar-refractivity contribution in [3.8, 4) is 0 Å². The molecule has 1 atom stereocenters. The lowest BCUT2D eigenvalue weighted by atomic mass is 10.0. The lowest BCUT2D eigenvalue weighted by Gasteiger charge is -2.06. The van der Waals surface area contributed by atoms with Crippen molar-refractivity contribution in [1.82, 2.24) is 0 Å². The van der Waals surface area contributed by atoms with Crippen LogP contribution in [0.2, 0.25) is 0 Å². The van der Waals surface area contributed by atoms with E-state index >= 15 is 0 Å². The van der Waals surface area contributed by atoms with Crippen LogP contribution in [0.3, 0.4) is 0 Å². The van der Waals surface area contributed by atoms with Gasteiger partial charge in [-0.1, -0.05) is 94.0 Å². The van der Waals surface area contributed by atoms with Gasteiger partial charge in [0.1, 0.15) is 0 Å². The average molecular weight is 291 g/mol. The number of hydrogen-bond donors (Lipinski definition) is 0. The van der Waals surface area contributed by atoms with Crippen molar-refractivity contribution in [1.29, 1.82) is 0 Å². The van der Waals surface area contributed by atoms with Crippen LogP contribution in [-0.4, -0.2) is 4.83 Å². The van der Waals surface area contributed by atoms with Gasteiger partial charge in [-0.25, -0.2) is 0 Å². The molecule has 0 aliphatic rings. The molecule has 0 aliphatic heterocycles.